The minimum Gasteiger partial charge on any atom is -0.481 e. The van der Waals surface area contributed by atoms with E-state index in [1.165, 1.54) is 4.90 Å². The predicted octanol–water partition coefficient (Wildman–Crippen LogP) is 2.01. The molecular formula is C12H15F2NO2. The van der Waals surface area contributed by atoms with Crippen molar-refractivity contribution in [1.82, 2.24) is 4.90 Å². The average Bonchev–Trinajstić information content (AvgIpc) is 2.18. The number of nitrogens with zero attached hydrogens (tertiary/aromatic N) is 1. The molecule has 3 nitrogen and oxygen atoms in total. The van der Waals surface area contributed by atoms with Crippen molar-refractivity contribution in [3.63, 3.8) is 0 Å². The zero-order valence-corrected chi connectivity index (χ0v) is 9.57. The van der Waals surface area contributed by atoms with Gasteiger partial charge < -0.3 is 5.11 Å². The van der Waals surface area contributed by atoms with Crippen LogP contribution < -0.4 is 0 Å². The molecule has 0 aliphatic heterocycles. The molecule has 0 bridgehead atoms. The molecule has 0 heterocycles. The predicted molar refractivity (Wildman–Crippen MR) is 60.1 cm³/mol. The van der Waals surface area contributed by atoms with E-state index in [9.17, 15) is 13.6 Å². The van der Waals surface area contributed by atoms with Crippen LogP contribution in [0.3, 0.4) is 0 Å². The number of carbonyl (C=O) groups is 1. The molecule has 0 radical (unpaired) electrons. The number of rotatable bonds is 6. The van der Waals surface area contributed by atoms with E-state index in [4.69, 9.17) is 5.11 Å². The highest BCUT2D eigenvalue weighted by Gasteiger charge is 2.08. The van der Waals surface area contributed by atoms with Gasteiger partial charge in [-0.25, -0.2) is 8.78 Å². The van der Waals surface area contributed by atoms with Crippen molar-refractivity contribution in [2.75, 3.05) is 13.6 Å². The first-order chi connectivity index (χ1) is 7.97. The SMILES string of the molecule is CN(Cc1ccc(CC(=O)O)cc1)CC(F)F. The van der Waals surface area contributed by atoms with Gasteiger partial charge in [-0.3, -0.25) is 9.69 Å². The van der Waals surface area contributed by atoms with Gasteiger partial charge in [0, 0.05) is 6.54 Å². The summed E-state index contributed by atoms with van der Waals surface area (Å²) in [5.41, 5.74) is 1.60. The molecule has 0 fully saturated rings. The molecule has 5 heteroatoms. The Hall–Kier alpha value is -1.49. The highest BCUT2D eigenvalue weighted by Crippen LogP contribution is 2.08. The van der Waals surface area contributed by atoms with Crippen molar-refractivity contribution in [2.45, 2.75) is 19.4 Å². The molecule has 0 saturated heterocycles. The Balaban J connectivity index is 2.53. The topological polar surface area (TPSA) is 40.5 Å². The third kappa shape index (κ3) is 5.40. The van der Waals surface area contributed by atoms with Gasteiger partial charge in [-0.15, -0.1) is 0 Å². The Bertz CT molecular complexity index is 365. The summed E-state index contributed by atoms with van der Waals surface area (Å²) in [6, 6.07) is 6.94. The van der Waals surface area contributed by atoms with Crippen molar-refractivity contribution >= 4 is 5.97 Å². The van der Waals surface area contributed by atoms with Gasteiger partial charge in [0.15, 0.2) is 0 Å². The first kappa shape index (κ1) is 13.6. The molecule has 0 spiro atoms. The third-order valence-electron chi connectivity index (χ3n) is 2.28. The highest BCUT2D eigenvalue weighted by molar-refractivity contribution is 5.70. The summed E-state index contributed by atoms with van der Waals surface area (Å²) < 4.78 is 24.2. The van der Waals surface area contributed by atoms with Crippen molar-refractivity contribution in [3.8, 4) is 0 Å². The minimum absolute atomic E-state index is 0.0207. The third-order valence-corrected chi connectivity index (χ3v) is 2.28. The molecule has 17 heavy (non-hydrogen) atoms. The Kier molecular flexibility index (Phi) is 5.03. The van der Waals surface area contributed by atoms with Crippen LogP contribution in [0.15, 0.2) is 24.3 Å². The second-order valence-electron chi connectivity index (χ2n) is 3.97. The van der Waals surface area contributed by atoms with E-state index < -0.39 is 12.4 Å². The van der Waals surface area contributed by atoms with Gasteiger partial charge in [-0.1, -0.05) is 24.3 Å². The largest absolute Gasteiger partial charge is 0.481 e. The van der Waals surface area contributed by atoms with Gasteiger partial charge in [-0.05, 0) is 18.2 Å². The first-order valence-electron chi connectivity index (χ1n) is 5.23. The molecule has 0 amide bonds. The highest BCUT2D eigenvalue weighted by atomic mass is 19.3. The summed E-state index contributed by atoms with van der Waals surface area (Å²) in [5.74, 6) is -0.882. The molecule has 1 aromatic carbocycles. The summed E-state index contributed by atoms with van der Waals surface area (Å²) in [6.45, 7) is 0.161. The van der Waals surface area contributed by atoms with Crippen LogP contribution in [-0.2, 0) is 17.8 Å². The number of halogens is 2. The van der Waals surface area contributed by atoms with Crippen molar-refractivity contribution < 1.29 is 18.7 Å². The van der Waals surface area contributed by atoms with Gasteiger partial charge in [-0.2, -0.15) is 0 Å². The van der Waals surface area contributed by atoms with Crippen LogP contribution >= 0.6 is 0 Å². The van der Waals surface area contributed by atoms with Crippen LogP contribution in [0, 0.1) is 0 Å². The van der Waals surface area contributed by atoms with Crippen molar-refractivity contribution in [3.05, 3.63) is 35.4 Å². The zero-order valence-electron chi connectivity index (χ0n) is 9.57. The van der Waals surface area contributed by atoms with Gasteiger partial charge in [0.1, 0.15) is 0 Å². The maximum atomic E-state index is 12.1. The van der Waals surface area contributed by atoms with E-state index in [-0.39, 0.29) is 13.0 Å². The minimum atomic E-state index is -2.34. The fourth-order valence-electron chi connectivity index (χ4n) is 1.55. The summed E-state index contributed by atoms with van der Waals surface area (Å²) in [5, 5.41) is 8.59. The lowest BCUT2D eigenvalue weighted by molar-refractivity contribution is -0.136. The maximum absolute atomic E-state index is 12.1. The molecule has 0 unspecified atom stereocenters. The summed E-state index contributed by atoms with van der Waals surface area (Å²) >= 11 is 0. The molecule has 94 valence electrons. The Morgan fingerprint density at radius 3 is 2.29 bits per heavy atom. The van der Waals surface area contributed by atoms with Crippen LogP contribution in [0.5, 0.6) is 0 Å². The average molecular weight is 243 g/mol. The van der Waals surface area contributed by atoms with E-state index in [0.29, 0.717) is 12.1 Å². The Morgan fingerprint density at radius 2 is 1.82 bits per heavy atom. The molecule has 0 saturated carbocycles. The van der Waals surface area contributed by atoms with Crippen LogP contribution in [0.25, 0.3) is 0 Å². The van der Waals surface area contributed by atoms with Crippen molar-refractivity contribution in [2.24, 2.45) is 0 Å². The first-order valence-corrected chi connectivity index (χ1v) is 5.23. The normalized spacial score (nSPS) is 11.1. The maximum Gasteiger partial charge on any atom is 0.307 e. The van der Waals surface area contributed by atoms with Gasteiger partial charge in [0.2, 0.25) is 0 Å². The van der Waals surface area contributed by atoms with E-state index in [1.54, 1.807) is 31.3 Å². The zero-order chi connectivity index (χ0) is 12.8. The number of hydrogen-bond acceptors (Lipinski definition) is 2. The number of benzene rings is 1. The smallest absolute Gasteiger partial charge is 0.307 e. The summed E-state index contributed by atoms with van der Waals surface area (Å²) in [4.78, 5) is 12.0. The van der Waals surface area contributed by atoms with Crippen LogP contribution in [-0.4, -0.2) is 36.0 Å². The number of aliphatic carboxylic acids is 1. The van der Waals surface area contributed by atoms with Crippen LogP contribution in [0.4, 0.5) is 8.78 Å². The second kappa shape index (κ2) is 6.30. The molecule has 0 aliphatic carbocycles. The molecular weight excluding hydrogens is 228 g/mol. The van der Waals surface area contributed by atoms with Gasteiger partial charge >= 0.3 is 5.97 Å². The van der Waals surface area contributed by atoms with E-state index >= 15 is 0 Å². The molecule has 0 atom stereocenters. The van der Waals surface area contributed by atoms with Crippen LogP contribution in [0.2, 0.25) is 0 Å². The molecule has 0 aliphatic rings. The lowest BCUT2D eigenvalue weighted by Crippen LogP contribution is -2.24. The monoisotopic (exact) mass is 243 g/mol. The van der Waals surface area contributed by atoms with Gasteiger partial charge in [0.25, 0.3) is 6.43 Å². The number of carboxylic acids is 1. The number of hydrogen-bond donors (Lipinski definition) is 1. The lowest BCUT2D eigenvalue weighted by Gasteiger charge is -2.15. The van der Waals surface area contributed by atoms with Gasteiger partial charge in [0.05, 0.1) is 13.0 Å². The molecule has 1 rings (SSSR count). The fourth-order valence-corrected chi connectivity index (χ4v) is 1.55. The lowest BCUT2D eigenvalue weighted by atomic mass is 10.1. The standard InChI is InChI=1S/C12H15F2NO2/c1-15(8-11(13)14)7-10-4-2-9(3-5-10)6-12(16)17/h2-5,11H,6-8H2,1H3,(H,16,17). The summed E-state index contributed by atoms with van der Waals surface area (Å²) in [6.07, 6.45) is -2.36. The van der Waals surface area contributed by atoms with Crippen LogP contribution in [0.1, 0.15) is 11.1 Å². The van der Waals surface area contributed by atoms with E-state index in [1.807, 2.05) is 0 Å². The number of carboxylic acid groups (broad SMARTS) is 1. The van der Waals surface area contributed by atoms with Crippen molar-refractivity contribution in [1.29, 1.82) is 0 Å². The van der Waals surface area contributed by atoms with E-state index in [2.05, 4.69) is 0 Å². The summed E-state index contributed by atoms with van der Waals surface area (Å²) in [7, 11) is 1.62. The number of alkyl halides is 2. The Labute approximate surface area is 98.7 Å². The quantitative estimate of drug-likeness (QED) is 0.830. The second-order valence-corrected chi connectivity index (χ2v) is 3.97. The fraction of sp³-hybridized carbons (Fsp3) is 0.417. The molecule has 0 aromatic heterocycles. The Morgan fingerprint density at radius 1 is 1.29 bits per heavy atom. The molecule has 1 aromatic rings. The molecule has 1 N–H and O–H groups in total. The van der Waals surface area contributed by atoms with E-state index in [0.717, 1.165) is 5.56 Å².